The maximum absolute atomic E-state index is 10.8. The van der Waals surface area contributed by atoms with E-state index in [0.717, 1.165) is 51.3 Å². The molecule has 0 aliphatic carbocycles. The summed E-state index contributed by atoms with van der Waals surface area (Å²) in [5.41, 5.74) is 5.27. The summed E-state index contributed by atoms with van der Waals surface area (Å²) in [6.45, 7) is 10.0. The number of aldehydes is 1. The van der Waals surface area contributed by atoms with Gasteiger partial charge in [-0.05, 0) is 25.4 Å². The predicted octanol–water partition coefficient (Wildman–Crippen LogP) is 0.612. The van der Waals surface area contributed by atoms with Crippen LogP contribution in [0.4, 0.5) is 0 Å². The molecular weight excluding hydrogens is 316 g/mol. The Hall–Kier alpha value is -1.38. The molecule has 1 saturated heterocycles. The van der Waals surface area contributed by atoms with Gasteiger partial charge in [0.15, 0.2) is 5.70 Å². The van der Waals surface area contributed by atoms with Gasteiger partial charge in [0.2, 0.25) is 0 Å². The standard InChI is InChI=1S/C8H15NO2.C7H13N3OS/c10-6-2-1-3-9-4-7-11-8-5-9;1-4-12-7(10-3)5(9-2)6(8)11/h6H,1-5,7-8H2;10H,2,4H2,1,3H3,(H2,8,11)/b;7-5-. The second-order valence-electron chi connectivity index (χ2n) is 4.65. The van der Waals surface area contributed by atoms with E-state index < -0.39 is 5.91 Å². The fourth-order valence-electron chi connectivity index (χ4n) is 1.89. The van der Waals surface area contributed by atoms with Gasteiger partial charge in [0.05, 0.1) is 18.2 Å². The van der Waals surface area contributed by atoms with Crippen molar-refractivity contribution < 1.29 is 14.3 Å². The number of thioether (sulfide) groups is 1. The first-order chi connectivity index (χ1) is 11.1. The first-order valence-electron chi connectivity index (χ1n) is 7.65. The topological polar surface area (TPSA) is 97.0 Å². The van der Waals surface area contributed by atoms with E-state index in [2.05, 4.69) is 21.9 Å². The van der Waals surface area contributed by atoms with Gasteiger partial charge in [0.1, 0.15) is 6.29 Å². The first-order valence-corrected chi connectivity index (χ1v) is 8.64. The summed E-state index contributed by atoms with van der Waals surface area (Å²) in [4.78, 5) is 26.7. The van der Waals surface area contributed by atoms with Crippen molar-refractivity contribution in [1.82, 2.24) is 10.2 Å². The third kappa shape index (κ3) is 10.1. The number of nitrogens with two attached hydrogens (primary N) is 1. The fourth-order valence-corrected chi connectivity index (χ4v) is 2.62. The summed E-state index contributed by atoms with van der Waals surface area (Å²) in [5, 5.41) is 3.51. The van der Waals surface area contributed by atoms with Gasteiger partial charge in [-0.2, -0.15) is 0 Å². The lowest BCUT2D eigenvalue weighted by molar-refractivity contribution is -0.114. The lowest BCUT2D eigenvalue weighted by Crippen LogP contribution is -2.36. The Morgan fingerprint density at radius 3 is 2.57 bits per heavy atom. The quantitative estimate of drug-likeness (QED) is 0.275. The Kier molecular flexibility index (Phi) is 13.4. The van der Waals surface area contributed by atoms with E-state index in [1.54, 1.807) is 7.05 Å². The third-order valence-electron chi connectivity index (χ3n) is 3.02. The van der Waals surface area contributed by atoms with Crippen LogP contribution in [0.2, 0.25) is 0 Å². The maximum Gasteiger partial charge on any atom is 0.269 e. The van der Waals surface area contributed by atoms with Crippen LogP contribution in [0.15, 0.2) is 15.7 Å². The van der Waals surface area contributed by atoms with Gasteiger partial charge in [-0.15, -0.1) is 11.8 Å². The van der Waals surface area contributed by atoms with Crippen LogP contribution >= 0.6 is 11.8 Å². The zero-order valence-electron chi connectivity index (χ0n) is 14.0. The lowest BCUT2D eigenvalue weighted by Gasteiger charge is -2.26. The smallest absolute Gasteiger partial charge is 0.269 e. The van der Waals surface area contributed by atoms with E-state index in [-0.39, 0.29) is 5.70 Å². The van der Waals surface area contributed by atoms with Crippen molar-refractivity contribution in [3.63, 3.8) is 0 Å². The molecule has 3 N–H and O–H groups in total. The van der Waals surface area contributed by atoms with Gasteiger partial charge in [-0.1, -0.05) is 6.92 Å². The van der Waals surface area contributed by atoms with E-state index in [4.69, 9.17) is 10.5 Å². The summed E-state index contributed by atoms with van der Waals surface area (Å²) in [7, 11) is 1.71. The zero-order valence-corrected chi connectivity index (χ0v) is 14.9. The van der Waals surface area contributed by atoms with Crippen LogP contribution in [0.1, 0.15) is 19.8 Å². The Balaban J connectivity index is 0.000000422. The van der Waals surface area contributed by atoms with Crippen LogP contribution in [0, 0.1) is 0 Å². The number of carbonyl (C=O) groups excluding carboxylic acids is 2. The minimum absolute atomic E-state index is 0.198. The highest BCUT2D eigenvalue weighted by molar-refractivity contribution is 8.03. The van der Waals surface area contributed by atoms with Gasteiger partial charge in [-0.3, -0.25) is 14.7 Å². The van der Waals surface area contributed by atoms with Gasteiger partial charge in [0, 0.05) is 26.6 Å². The number of amides is 1. The molecule has 1 amide bonds. The minimum atomic E-state index is -0.560. The van der Waals surface area contributed by atoms with Crippen molar-refractivity contribution in [3.8, 4) is 0 Å². The monoisotopic (exact) mass is 344 g/mol. The molecule has 8 heteroatoms. The molecule has 0 saturated carbocycles. The van der Waals surface area contributed by atoms with Crippen LogP contribution < -0.4 is 11.1 Å². The van der Waals surface area contributed by atoms with Crippen molar-refractivity contribution in [2.75, 3.05) is 45.6 Å². The van der Waals surface area contributed by atoms with E-state index >= 15 is 0 Å². The van der Waals surface area contributed by atoms with Gasteiger partial charge in [-0.25, -0.2) is 0 Å². The molecule has 0 bridgehead atoms. The number of hydrogen-bond donors (Lipinski definition) is 2. The van der Waals surface area contributed by atoms with Gasteiger partial charge >= 0.3 is 0 Å². The molecule has 1 aliphatic heterocycles. The molecular formula is C15H28N4O3S. The van der Waals surface area contributed by atoms with Crippen molar-refractivity contribution in [3.05, 3.63) is 10.7 Å². The largest absolute Gasteiger partial charge is 0.381 e. The summed E-state index contributed by atoms with van der Waals surface area (Å²) in [5.74, 6) is 0.290. The summed E-state index contributed by atoms with van der Waals surface area (Å²) in [6.07, 6.45) is 2.67. The lowest BCUT2D eigenvalue weighted by atomic mass is 10.3. The molecule has 0 radical (unpaired) electrons. The fraction of sp³-hybridized carbons (Fsp3) is 0.667. The molecule has 0 atom stereocenters. The number of nitrogens with zero attached hydrogens (tertiary/aromatic N) is 2. The Morgan fingerprint density at radius 1 is 1.48 bits per heavy atom. The van der Waals surface area contributed by atoms with Crippen LogP contribution in [-0.4, -0.2) is 69.5 Å². The molecule has 1 aliphatic rings. The molecule has 23 heavy (non-hydrogen) atoms. The van der Waals surface area contributed by atoms with Crippen molar-refractivity contribution in [2.24, 2.45) is 10.7 Å². The Bertz CT molecular complexity index is 396. The molecule has 1 rings (SSSR count). The first kappa shape index (κ1) is 21.6. The minimum Gasteiger partial charge on any atom is -0.381 e. The molecule has 1 fully saturated rings. The average Bonchev–Trinajstić information content (AvgIpc) is 2.56. The maximum atomic E-state index is 10.8. The van der Waals surface area contributed by atoms with Crippen molar-refractivity contribution >= 4 is 30.7 Å². The predicted molar refractivity (Wildman–Crippen MR) is 95.5 cm³/mol. The normalized spacial score (nSPS) is 15.7. The van der Waals surface area contributed by atoms with Crippen LogP contribution in [0.5, 0.6) is 0 Å². The number of morpholine rings is 1. The van der Waals surface area contributed by atoms with E-state index in [1.165, 1.54) is 11.8 Å². The summed E-state index contributed by atoms with van der Waals surface area (Å²) in [6, 6.07) is 0. The summed E-state index contributed by atoms with van der Waals surface area (Å²) >= 11 is 1.47. The van der Waals surface area contributed by atoms with Crippen molar-refractivity contribution in [2.45, 2.75) is 19.8 Å². The number of carbonyl (C=O) groups is 2. The summed E-state index contributed by atoms with van der Waals surface area (Å²) < 4.78 is 5.19. The van der Waals surface area contributed by atoms with Crippen molar-refractivity contribution in [1.29, 1.82) is 0 Å². The van der Waals surface area contributed by atoms with E-state index in [1.807, 2.05) is 6.92 Å². The number of hydrogen-bond acceptors (Lipinski definition) is 7. The molecule has 7 nitrogen and oxygen atoms in total. The number of unbranched alkanes of at least 4 members (excludes halogenated alkanes) is 1. The molecule has 1 heterocycles. The second kappa shape index (κ2) is 14.2. The van der Waals surface area contributed by atoms with E-state index in [0.29, 0.717) is 11.4 Å². The Morgan fingerprint density at radius 2 is 2.13 bits per heavy atom. The molecule has 0 spiro atoms. The number of primary amides is 1. The van der Waals surface area contributed by atoms with E-state index in [9.17, 15) is 9.59 Å². The molecule has 0 aromatic rings. The highest BCUT2D eigenvalue weighted by atomic mass is 32.2. The highest BCUT2D eigenvalue weighted by Gasteiger charge is 2.09. The molecule has 0 aromatic carbocycles. The molecule has 132 valence electrons. The number of ether oxygens (including phenoxy) is 1. The molecule has 0 aromatic heterocycles. The highest BCUT2D eigenvalue weighted by Crippen LogP contribution is 2.16. The number of rotatable bonds is 9. The van der Waals surface area contributed by atoms with Gasteiger partial charge in [0.25, 0.3) is 5.91 Å². The Labute approximate surface area is 142 Å². The zero-order chi connectivity index (χ0) is 17.5. The molecule has 0 unspecified atom stereocenters. The van der Waals surface area contributed by atoms with Crippen LogP contribution in [-0.2, 0) is 14.3 Å². The van der Waals surface area contributed by atoms with Crippen LogP contribution in [0.25, 0.3) is 0 Å². The average molecular weight is 344 g/mol. The van der Waals surface area contributed by atoms with Gasteiger partial charge < -0.3 is 20.6 Å². The number of aliphatic imine (C=N–C) groups is 1. The van der Waals surface area contributed by atoms with Crippen LogP contribution in [0.3, 0.4) is 0 Å². The SMILES string of the molecule is C=N/C(C(N)=O)=C(/NC)SCC.O=CCCCN1CCOCC1. The number of nitrogens with one attached hydrogen (secondary N) is 1. The third-order valence-corrected chi connectivity index (χ3v) is 4.00. The second-order valence-corrected chi connectivity index (χ2v) is 5.92.